The van der Waals surface area contributed by atoms with Gasteiger partial charge in [-0.25, -0.2) is 4.79 Å². The van der Waals surface area contributed by atoms with E-state index in [1.165, 1.54) is 4.90 Å². The van der Waals surface area contributed by atoms with Crippen LogP contribution in [0.5, 0.6) is 5.75 Å². The number of piperidine rings is 1. The van der Waals surface area contributed by atoms with Crippen LogP contribution in [0.3, 0.4) is 0 Å². The Bertz CT molecular complexity index is 863. The first-order valence-corrected chi connectivity index (χ1v) is 11.4. The van der Waals surface area contributed by atoms with E-state index >= 15 is 0 Å². The van der Waals surface area contributed by atoms with E-state index in [1.807, 2.05) is 31.2 Å². The molecule has 2 aliphatic heterocycles. The third kappa shape index (κ3) is 4.76. The summed E-state index contributed by atoms with van der Waals surface area (Å²) in [4.78, 5) is 41.6. The first-order chi connectivity index (χ1) is 15.4. The predicted octanol–water partition coefficient (Wildman–Crippen LogP) is 2.20. The third-order valence-corrected chi connectivity index (χ3v) is 6.47. The Morgan fingerprint density at radius 3 is 2.47 bits per heavy atom. The van der Waals surface area contributed by atoms with E-state index in [-0.39, 0.29) is 17.8 Å². The second kappa shape index (κ2) is 9.26. The Morgan fingerprint density at radius 2 is 1.81 bits per heavy atom. The molecule has 1 aromatic rings. The molecule has 3 fully saturated rings. The minimum absolute atomic E-state index is 0.0618. The van der Waals surface area contributed by atoms with E-state index < -0.39 is 11.7 Å². The molecule has 3 aliphatic rings. The number of carbonyl (C=O) groups excluding carboxylic acids is 2. The van der Waals surface area contributed by atoms with Gasteiger partial charge in [-0.15, -0.1) is 0 Å². The van der Waals surface area contributed by atoms with Crippen molar-refractivity contribution in [2.45, 2.75) is 38.2 Å². The lowest BCUT2D eigenvalue weighted by Gasteiger charge is -2.35. The molecule has 1 saturated carbocycles. The molecule has 32 heavy (non-hydrogen) atoms. The van der Waals surface area contributed by atoms with Crippen molar-refractivity contribution in [3.63, 3.8) is 0 Å². The maximum Gasteiger partial charge on any atom is 0.407 e. The summed E-state index contributed by atoms with van der Waals surface area (Å²) in [6.07, 6.45) is 2.11. The van der Waals surface area contributed by atoms with Gasteiger partial charge in [-0.2, -0.15) is 0 Å². The van der Waals surface area contributed by atoms with Crippen molar-refractivity contribution in [3.05, 3.63) is 24.3 Å². The van der Waals surface area contributed by atoms with Crippen LogP contribution in [0.2, 0.25) is 0 Å². The summed E-state index contributed by atoms with van der Waals surface area (Å²) in [5, 5.41) is 9.11. The number of ether oxygens (including phenoxy) is 2. The van der Waals surface area contributed by atoms with Crippen LogP contribution in [0.4, 0.5) is 10.5 Å². The van der Waals surface area contributed by atoms with Gasteiger partial charge in [0, 0.05) is 63.9 Å². The normalized spacial score (nSPS) is 22.3. The Balaban J connectivity index is 1.39. The van der Waals surface area contributed by atoms with Gasteiger partial charge in [-0.1, -0.05) is 6.07 Å². The summed E-state index contributed by atoms with van der Waals surface area (Å²) in [5.74, 6) is 0.299. The zero-order chi connectivity index (χ0) is 22.7. The SMILES string of the molecule is CCOC(=O)C1CCCN(c2cccc(OC3(C(=O)N4CCN(C(=O)O)CC4)CC3)c2)C1. The Morgan fingerprint density at radius 1 is 1.09 bits per heavy atom. The summed E-state index contributed by atoms with van der Waals surface area (Å²) < 4.78 is 11.4. The molecule has 9 nitrogen and oxygen atoms in total. The van der Waals surface area contributed by atoms with Gasteiger partial charge in [0.2, 0.25) is 0 Å². The molecule has 2 heterocycles. The van der Waals surface area contributed by atoms with Crippen molar-refractivity contribution in [2.75, 3.05) is 50.8 Å². The number of rotatable bonds is 6. The zero-order valence-electron chi connectivity index (χ0n) is 18.5. The number of esters is 1. The van der Waals surface area contributed by atoms with Crippen LogP contribution in [0.25, 0.3) is 0 Å². The number of nitrogens with zero attached hydrogens (tertiary/aromatic N) is 3. The van der Waals surface area contributed by atoms with E-state index in [0.29, 0.717) is 57.9 Å². The topological polar surface area (TPSA) is 99.6 Å². The van der Waals surface area contributed by atoms with Crippen molar-refractivity contribution in [2.24, 2.45) is 5.92 Å². The second-order valence-electron chi connectivity index (χ2n) is 8.69. The molecule has 1 aliphatic carbocycles. The fourth-order valence-electron chi connectivity index (χ4n) is 4.50. The number of amides is 2. The largest absolute Gasteiger partial charge is 0.477 e. The number of benzene rings is 1. The number of anilines is 1. The number of carbonyl (C=O) groups is 3. The predicted molar refractivity (Wildman–Crippen MR) is 117 cm³/mol. The number of hydrogen-bond donors (Lipinski definition) is 1. The molecular weight excluding hydrogens is 414 g/mol. The number of carboxylic acid groups (broad SMARTS) is 1. The fourth-order valence-corrected chi connectivity index (χ4v) is 4.50. The third-order valence-electron chi connectivity index (χ3n) is 6.47. The molecule has 2 amide bonds. The summed E-state index contributed by atoms with van der Waals surface area (Å²) >= 11 is 0. The molecule has 2 saturated heterocycles. The summed E-state index contributed by atoms with van der Waals surface area (Å²) in [6, 6.07) is 7.69. The lowest BCUT2D eigenvalue weighted by Crippen LogP contribution is -2.54. The van der Waals surface area contributed by atoms with E-state index in [0.717, 1.165) is 25.1 Å². The maximum absolute atomic E-state index is 13.1. The molecule has 0 aromatic heterocycles. The molecule has 0 bridgehead atoms. The molecule has 1 atom stereocenters. The second-order valence-corrected chi connectivity index (χ2v) is 8.69. The highest BCUT2D eigenvalue weighted by atomic mass is 16.5. The molecule has 1 unspecified atom stereocenters. The van der Waals surface area contributed by atoms with Gasteiger partial charge in [0.25, 0.3) is 5.91 Å². The number of hydrogen-bond acceptors (Lipinski definition) is 6. The van der Waals surface area contributed by atoms with Crippen molar-refractivity contribution < 1.29 is 29.0 Å². The molecule has 9 heteroatoms. The van der Waals surface area contributed by atoms with Crippen LogP contribution in [0, 0.1) is 5.92 Å². The van der Waals surface area contributed by atoms with Gasteiger partial charge in [0.15, 0.2) is 5.60 Å². The van der Waals surface area contributed by atoms with Crippen LogP contribution in [-0.2, 0) is 14.3 Å². The molecule has 0 radical (unpaired) electrons. The Kier molecular flexibility index (Phi) is 6.43. The van der Waals surface area contributed by atoms with Gasteiger partial charge in [0.05, 0.1) is 12.5 Å². The summed E-state index contributed by atoms with van der Waals surface area (Å²) in [5.41, 5.74) is 0.120. The molecular formula is C23H31N3O6. The van der Waals surface area contributed by atoms with Gasteiger partial charge in [-0.05, 0) is 31.9 Å². The molecule has 0 spiro atoms. The highest BCUT2D eigenvalue weighted by molar-refractivity contribution is 5.89. The lowest BCUT2D eigenvalue weighted by molar-refractivity contribution is -0.148. The van der Waals surface area contributed by atoms with Crippen LogP contribution < -0.4 is 9.64 Å². The Labute approximate surface area is 187 Å². The molecule has 174 valence electrons. The van der Waals surface area contributed by atoms with Crippen LogP contribution in [0.1, 0.15) is 32.6 Å². The average Bonchev–Trinajstić information content (AvgIpc) is 3.59. The van der Waals surface area contributed by atoms with E-state index in [1.54, 1.807) is 4.90 Å². The molecule has 1 N–H and O–H groups in total. The van der Waals surface area contributed by atoms with Crippen molar-refractivity contribution >= 4 is 23.7 Å². The van der Waals surface area contributed by atoms with Crippen LogP contribution >= 0.6 is 0 Å². The number of piperazine rings is 1. The Hall–Kier alpha value is -2.97. The average molecular weight is 446 g/mol. The highest BCUT2D eigenvalue weighted by Gasteiger charge is 2.55. The minimum atomic E-state index is -0.950. The monoisotopic (exact) mass is 445 g/mol. The first-order valence-electron chi connectivity index (χ1n) is 11.4. The molecule has 1 aromatic carbocycles. The van der Waals surface area contributed by atoms with Crippen molar-refractivity contribution in [1.29, 1.82) is 0 Å². The first kappa shape index (κ1) is 22.2. The van der Waals surface area contributed by atoms with Gasteiger partial charge in [0.1, 0.15) is 5.75 Å². The summed E-state index contributed by atoms with van der Waals surface area (Å²) in [7, 11) is 0. The highest BCUT2D eigenvalue weighted by Crippen LogP contribution is 2.43. The van der Waals surface area contributed by atoms with Crippen molar-refractivity contribution in [1.82, 2.24) is 9.80 Å². The van der Waals surface area contributed by atoms with Gasteiger partial charge < -0.3 is 29.3 Å². The van der Waals surface area contributed by atoms with Crippen molar-refractivity contribution in [3.8, 4) is 5.75 Å². The minimum Gasteiger partial charge on any atom is -0.477 e. The quantitative estimate of drug-likeness (QED) is 0.670. The van der Waals surface area contributed by atoms with E-state index in [4.69, 9.17) is 14.6 Å². The lowest BCUT2D eigenvalue weighted by atomic mass is 9.97. The van der Waals surface area contributed by atoms with Gasteiger partial charge >= 0.3 is 12.1 Å². The van der Waals surface area contributed by atoms with E-state index in [2.05, 4.69) is 4.90 Å². The fraction of sp³-hybridized carbons (Fsp3) is 0.609. The van der Waals surface area contributed by atoms with Gasteiger partial charge in [-0.3, -0.25) is 9.59 Å². The van der Waals surface area contributed by atoms with E-state index in [9.17, 15) is 14.4 Å². The maximum atomic E-state index is 13.1. The standard InChI is InChI=1S/C23H31N3O6/c1-2-31-20(27)17-5-4-10-26(16-17)18-6-3-7-19(15-18)32-23(8-9-23)21(28)24-11-13-25(14-12-24)22(29)30/h3,6-7,15,17H,2,4-5,8-14,16H2,1H3,(H,29,30). The zero-order valence-corrected chi connectivity index (χ0v) is 18.5. The smallest absolute Gasteiger partial charge is 0.407 e. The van der Waals surface area contributed by atoms with Crippen LogP contribution in [0.15, 0.2) is 24.3 Å². The van der Waals surface area contributed by atoms with Crippen LogP contribution in [-0.4, -0.2) is 84.4 Å². The summed E-state index contributed by atoms with van der Waals surface area (Å²) in [6.45, 7) is 5.10. The molecule has 4 rings (SSSR count).